The van der Waals surface area contributed by atoms with E-state index in [1.54, 1.807) is 0 Å². The summed E-state index contributed by atoms with van der Waals surface area (Å²) in [5.41, 5.74) is -0.124. The highest BCUT2D eigenvalue weighted by Crippen LogP contribution is 2.19. The Morgan fingerprint density at radius 2 is 1.63 bits per heavy atom. The van der Waals surface area contributed by atoms with E-state index in [2.05, 4.69) is 0 Å². The summed E-state index contributed by atoms with van der Waals surface area (Å²) < 4.78 is 0.531. The summed E-state index contributed by atoms with van der Waals surface area (Å²) in [6.07, 6.45) is 0. The second-order valence-electron chi connectivity index (χ2n) is 3.53. The van der Waals surface area contributed by atoms with Crippen LogP contribution in [-0.2, 0) is 0 Å². The monoisotopic (exact) mass is 264 g/mol. The van der Waals surface area contributed by atoms with Crippen LogP contribution in [-0.4, -0.2) is 25.8 Å². The number of nitrogens with zero attached hydrogens (tertiary/aromatic N) is 2. The third-order valence-corrected chi connectivity index (χ3v) is 2.29. The number of carbonyl (C=O) groups is 1. The van der Waals surface area contributed by atoms with Crippen molar-refractivity contribution in [3.63, 3.8) is 0 Å². The number of nitro groups is 1. The van der Waals surface area contributed by atoms with Gasteiger partial charge in [0.25, 0.3) is 5.69 Å². The second-order valence-corrected chi connectivity index (χ2v) is 3.53. The van der Waals surface area contributed by atoms with Gasteiger partial charge in [0.1, 0.15) is 0 Å². The number of non-ortho nitro benzene ring substituents is 1. The first-order valence-electron chi connectivity index (χ1n) is 5.06. The third-order valence-electron chi connectivity index (χ3n) is 2.29. The van der Waals surface area contributed by atoms with E-state index in [0.717, 1.165) is 24.3 Å². The van der Waals surface area contributed by atoms with Gasteiger partial charge in [0.2, 0.25) is 11.8 Å². The van der Waals surface area contributed by atoms with Crippen molar-refractivity contribution >= 4 is 11.7 Å². The number of aromatic hydroxyl groups is 2. The van der Waals surface area contributed by atoms with Crippen LogP contribution >= 0.6 is 0 Å². The summed E-state index contributed by atoms with van der Waals surface area (Å²) in [5, 5.41) is 29.0. The number of hydrogen-bond donors (Lipinski definition) is 2. The van der Waals surface area contributed by atoms with Crippen molar-refractivity contribution in [3.05, 3.63) is 52.1 Å². The molecule has 8 nitrogen and oxygen atoms in total. The van der Waals surface area contributed by atoms with Crippen LogP contribution < -0.4 is 4.84 Å². The predicted molar refractivity (Wildman–Crippen MR) is 61.8 cm³/mol. The minimum absolute atomic E-state index is 0.0399. The van der Waals surface area contributed by atoms with E-state index in [1.165, 1.54) is 12.1 Å². The van der Waals surface area contributed by atoms with Gasteiger partial charge in [0, 0.05) is 24.3 Å². The van der Waals surface area contributed by atoms with Gasteiger partial charge in [-0.1, -0.05) is 0 Å². The Kier molecular flexibility index (Phi) is 3.06. The fourth-order valence-corrected chi connectivity index (χ4v) is 1.35. The number of carbonyl (C=O) groups excluding carboxylic acids is 1. The van der Waals surface area contributed by atoms with E-state index >= 15 is 0 Å². The zero-order chi connectivity index (χ0) is 14.0. The van der Waals surface area contributed by atoms with E-state index in [1.807, 2.05) is 0 Å². The number of benzene rings is 1. The van der Waals surface area contributed by atoms with Gasteiger partial charge in [-0.3, -0.25) is 10.1 Å². The highest BCUT2D eigenvalue weighted by Gasteiger charge is 2.15. The van der Waals surface area contributed by atoms with Crippen molar-refractivity contribution in [2.24, 2.45) is 0 Å². The average Bonchev–Trinajstić information content (AvgIpc) is 2.70. The molecular formula is C11H8N2O6. The quantitative estimate of drug-likeness (QED) is 0.633. The molecule has 0 aliphatic carbocycles. The molecule has 0 atom stereocenters. The minimum atomic E-state index is -0.878. The molecule has 2 N–H and O–H groups in total. The van der Waals surface area contributed by atoms with Crippen LogP contribution in [0, 0.1) is 10.1 Å². The van der Waals surface area contributed by atoms with Crippen LogP contribution in [0.25, 0.3) is 0 Å². The van der Waals surface area contributed by atoms with Gasteiger partial charge in [-0.2, -0.15) is 0 Å². The van der Waals surface area contributed by atoms with Gasteiger partial charge in [0.05, 0.1) is 10.5 Å². The lowest BCUT2D eigenvalue weighted by Crippen LogP contribution is -2.19. The van der Waals surface area contributed by atoms with Crippen molar-refractivity contribution < 1.29 is 24.8 Å². The molecule has 0 saturated carbocycles. The van der Waals surface area contributed by atoms with Crippen molar-refractivity contribution in [3.8, 4) is 11.8 Å². The predicted octanol–water partition coefficient (Wildman–Crippen LogP) is 1.08. The van der Waals surface area contributed by atoms with Gasteiger partial charge in [0.15, 0.2) is 0 Å². The Hall–Kier alpha value is -3.03. The Morgan fingerprint density at radius 3 is 2.11 bits per heavy atom. The smallest absolute Gasteiger partial charge is 0.363 e. The van der Waals surface area contributed by atoms with Gasteiger partial charge in [-0.05, 0) is 12.1 Å². The Balaban J connectivity index is 2.18. The maximum atomic E-state index is 11.7. The minimum Gasteiger partial charge on any atom is -0.492 e. The van der Waals surface area contributed by atoms with Crippen LogP contribution in [0.5, 0.6) is 11.8 Å². The molecule has 2 rings (SSSR count). The molecule has 0 unspecified atom stereocenters. The zero-order valence-corrected chi connectivity index (χ0v) is 9.39. The van der Waals surface area contributed by atoms with Gasteiger partial charge >= 0.3 is 5.97 Å². The summed E-state index contributed by atoms with van der Waals surface area (Å²) >= 11 is 0. The third kappa shape index (κ3) is 2.46. The summed E-state index contributed by atoms with van der Waals surface area (Å²) in [4.78, 5) is 26.2. The van der Waals surface area contributed by atoms with Crippen LogP contribution in [0.1, 0.15) is 10.4 Å². The first kappa shape index (κ1) is 12.4. The SMILES string of the molecule is O=C(On1c(O)ccc1O)c1ccc([N+](=O)[O-])cc1. The number of hydrogen-bond acceptors (Lipinski definition) is 6. The Labute approximate surface area is 106 Å². The molecule has 0 radical (unpaired) electrons. The molecule has 0 aliphatic rings. The van der Waals surface area contributed by atoms with Crippen molar-refractivity contribution in [1.29, 1.82) is 0 Å². The molecule has 1 aromatic heterocycles. The maximum Gasteiger partial charge on any atom is 0.363 e. The fourth-order valence-electron chi connectivity index (χ4n) is 1.35. The number of aromatic nitrogens is 1. The van der Waals surface area contributed by atoms with Gasteiger partial charge in [-0.15, -0.1) is 4.73 Å². The van der Waals surface area contributed by atoms with Crippen molar-refractivity contribution in [2.75, 3.05) is 0 Å². The lowest BCUT2D eigenvalue weighted by atomic mass is 10.2. The van der Waals surface area contributed by atoms with E-state index in [4.69, 9.17) is 4.84 Å². The number of nitro benzene ring substituents is 1. The Bertz CT molecular complexity index is 612. The lowest BCUT2D eigenvalue weighted by molar-refractivity contribution is -0.384. The van der Waals surface area contributed by atoms with Crippen molar-refractivity contribution in [1.82, 2.24) is 4.73 Å². The van der Waals surface area contributed by atoms with E-state index in [9.17, 15) is 25.1 Å². The summed E-state index contributed by atoms with van der Waals surface area (Å²) in [5.74, 6) is -1.78. The first-order valence-corrected chi connectivity index (χ1v) is 5.06. The molecule has 19 heavy (non-hydrogen) atoms. The molecule has 8 heteroatoms. The molecule has 0 amide bonds. The molecule has 98 valence electrons. The molecule has 0 bridgehead atoms. The van der Waals surface area contributed by atoms with Crippen LogP contribution in [0.4, 0.5) is 5.69 Å². The molecule has 0 fully saturated rings. The molecule has 0 saturated heterocycles. The highest BCUT2D eigenvalue weighted by molar-refractivity contribution is 5.89. The van der Waals surface area contributed by atoms with E-state index in [-0.39, 0.29) is 11.3 Å². The van der Waals surface area contributed by atoms with Crippen LogP contribution in [0.15, 0.2) is 36.4 Å². The second kappa shape index (κ2) is 4.69. The van der Waals surface area contributed by atoms with Crippen LogP contribution in [0.3, 0.4) is 0 Å². The van der Waals surface area contributed by atoms with Crippen molar-refractivity contribution in [2.45, 2.75) is 0 Å². The van der Waals surface area contributed by atoms with Gasteiger partial charge < -0.3 is 15.1 Å². The molecule has 0 aliphatic heterocycles. The highest BCUT2D eigenvalue weighted by atomic mass is 16.7. The summed E-state index contributed by atoms with van der Waals surface area (Å²) in [6.45, 7) is 0. The molecule has 1 aromatic carbocycles. The largest absolute Gasteiger partial charge is 0.492 e. The van der Waals surface area contributed by atoms with E-state index < -0.39 is 22.7 Å². The average molecular weight is 264 g/mol. The molecular weight excluding hydrogens is 256 g/mol. The number of rotatable bonds is 3. The first-order chi connectivity index (χ1) is 8.99. The molecule has 1 heterocycles. The summed E-state index contributed by atoms with van der Waals surface area (Å²) in [6, 6.07) is 6.98. The molecule has 2 aromatic rings. The lowest BCUT2D eigenvalue weighted by Gasteiger charge is -2.06. The summed E-state index contributed by atoms with van der Waals surface area (Å²) in [7, 11) is 0. The standard InChI is InChI=1S/C11H8N2O6/c14-9-5-6-10(15)12(9)19-11(16)7-1-3-8(4-2-7)13(17)18/h1-6,14-15H. The maximum absolute atomic E-state index is 11.7. The fraction of sp³-hybridized carbons (Fsp3) is 0. The topological polar surface area (TPSA) is 115 Å². The van der Waals surface area contributed by atoms with Gasteiger partial charge in [-0.25, -0.2) is 4.79 Å². The Morgan fingerprint density at radius 1 is 1.11 bits per heavy atom. The normalized spacial score (nSPS) is 10.1. The zero-order valence-electron chi connectivity index (χ0n) is 9.39. The van der Waals surface area contributed by atoms with E-state index in [0.29, 0.717) is 4.73 Å². The van der Waals surface area contributed by atoms with Crippen LogP contribution in [0.2, 0.25) is 0 Å². The molecule has 0 spiro atoms.